The van der Waals surface area contributed by atoms with Crippen LogP contribution in [0.3, 0.4) is 0 Å². The van der Waals surface area contributed by atoms with Gasteiger partial charge in [-0.3, -0.25) is 15.3 Å². The van der Waals surface area contributed by atoms with Crippen LogP contribution in [-0.4, -0.2) is 55.0 Å². The van der Waals surface area contributed by atoms with Gasteiger partial charge in [0.1, 0.15) is 18.4 Å². The van der Waals surface area contributed by atoms with Crippen molar-refractivity contribution in [1.82, 2.24) is 9.55 Å². The molecule has 0 spiro atoms. The minimum Gasteiger partial charge on any atom is -0.394 e. The molecule has 1 rings (SSSR count). The Bertz CT molecular complexity index is 477. The third-order valence-corrected chi connectivity index (χ3v) is 2.76. The number of aromatic nitrogens is 2. The van der Waals surface area contributed by atoms with Gasteiger partial charge in [0.2, 0.25) is 0 Å². The molecular weight excluding hydrogens is 270 g/mol. The number of rotatable bonds is 7. The molecule has 20 heavy (non-hydrogen) atoms. The average molecular weight is 289 g/mol. The first-order valence-electron chi connectivity index (χ1n) is 6.02. The van der Waals surface area contributed by atoms with Crippen molar-refractivity contribution in [3.05, 3.63) is 22.7 Å². The zero-order valence-corrected chi connectivity index (χ0v) is 11.2. The molecule has 0 radical (unpaired) electrons. The van der Waals surface area contributed by atoms with Gasteiger partial charge in [-0.2, -0.15) is 4.98 Å². The van der Waals surface area contributed by atoms with Crippen molar-refractivity contribution in [2.24, 2.45) is 0 Å². The third kappa shape index (κ3) is 3.99. The molecule has 9 heteroatoms. The number of aliphatic hydroxyl groups is 3. The maximum absolute atomic E-state index is 11.7. The van der Waals surface area contributed by atoms with E-state index >= 15 is 0 Å². The summed E-state index contributed by atoms with van der Waals surface area (Å²) in [5.74, 6) is -0.0128. The van der Waals surface area contributed by atoms with Gasteiger partial charge < -0.3 is 20.1 Å². The topological polar surface area (TPSA) is 137 Å². The van der Waals surface area contributed by atoms with Gasteiger partial charge in [0.05, 0.1) is 12.7 Å². The molecule has 0 aliphatic heterocycles. The normalized spacial score (nSPS) is 17.3. The van der Waals surface area contributed by atoms with E-state index in [1.807, 2.05) is 0 Å². The third-order valence-electron chi connectivity index (χ3n) is 2.76. The number of aliphatic hydroxyl groups excluding tert-OH is 3. The molecule has 0 saturated carbocycles. The van der Waals surface area contributed by atoms with Crippen molar-refractivity contribution < 1.29 is 25.3 Å². The summed E-state index contributed by atoms with van der Waals surface area (Å²) in [6.07, 6.45) is -2.91. The highest BCUT2D eigenvalue weighted by Gasteiger charge is 2.26. The maximum atomic E-state index is 11.7. The number of nitrogens with zero attached hydrogens (tertiary/aromatic N) is 2. The lowest BCUT2D eigenvalue weighted by Gasteiger charge is -2.27. The van der Waals surface area contributed by atoms with E-state index in [2.05, 4.69) is 4.98 Å². The standard InChI is InChI=1S/C11H19N3O6/c1-6(16)10(17)8(5-15)20-7(2)14-4-3-9(13-19)12-11(14)18/h3-4,6-8,10,15-17,19H,5H2,1-2H3,(H,12,13,18). The quantitative estimate of drug-likeness (QED) is 0.390. The number of anilines is 1. The number of nitrogens with one attached hydrogen (secondary N) is 1. The molecular formula is C11H19N3O6. The highest BCUT2D eigenvalue weighted by molar-refractivity contribution is 5.27. The summed E-state index contributed by atoms with van der Waals surface area (Å²) in [7, 11) is 0. The summed E-state index contributed by atoms with van der Waals surface area (Å²) in [6.45, 7) is 2.36. The van der Waals surface area contributed by atoms with Gasteiger partial charge in [0.25, 0.3) is 0 Å². The molecule has 114 valence electrons. The molecule has 5 N–H and O–H groups in total. The summed E-state index contributed by atoms with van der Waals surface area (Å²) >= 11 is 0. The van der Waals surface area contributed by atoms with E-state index in [4.69, 9.17) is 15.1 Å². The molecule has 0 fully saturated rings. The summed E-state index contributed by atoms with van der Waals surface area (Å²) < 4.78 is 6.45. The predicted molar refractivity (Wildman–Crippen MR) is 68.3 cm³/mol. The fraction of sp³-hybridized carbons (Fsp3) is 0.636. The molecule has 1 aromatic rings. The molecule has 0 aliphatic carbocycles. The van der Waals surface area contributed by atoms with Crippen molar-refractivity contribution in [3.63, 3.8) is 0 Å². The first kappa shape index (κ1) is 16.5. The van der Waals surface area contributed by atoms with Crippen LogP contribution in [0.25, 0.3) is 0 Å². The van der Waals surface area contributed by atoms with Gasteiger partial charge in [0, 0.05) is 6.20 Å². The van der Waals surface area contributed by atoms with Crippen LogP contribution in [0.5, 0.6) is 0 Å². The Kier molecular flexibility index (Phi) is 6.05. The van der Waals surface area contributed by atoms with Crippen LogP contribution in [0.1, 0.15) is 20.1 Å². The van der Waals surface area contributed by atoms with Gasteiger partial charge in [-0.15, -0.1) is 0 Å². The van der Waals surface area contributed by atoms with Crippen LogP contribution in [0.4, 0.5) is 5.82 Å². The van der Waals surface area contributed by atoms with Crippen molar-refractivity contribution in [2.45, 2.75) is 38.4 Å². The van der Waals surface area contributed by atoms with Gasteiger partial charge in [-0.05, 0) is 19.9 Å². The molecule has 4 atom stereocenters. The molecule has 0 bridgehead atoms. The molecule has 4 unspecified atom stereocenters. The summed E-state index contributed by atoms with van der Waals surface area (Å²) in [5, 5.41) is 36.7. The number of hydrogen-bond donors (Lipinski definition) is 5. The summed E-state index contributed by atoms with van der Waals surface area (Å²) in [4.78, 5) is 15.2. The Hall–Kier alpha value is -1.52. The molecule has 1 aromatic heterocycles. The first-order chi connectivity index (χ1) is 9.40. The monoisotopic (exact) mass is 289 g/mol. The lowest BCUT2D eigenvalue weighted by Crippen LogP contribution is -2.42. The zero-order valence-electron chi connectivity index (χ0n) is 11.2. The van der Waals surface area contributed by atoms with Crippen LogP contribution in [0.2, 0.25) is 0 Å². The second-order valence-electron chi connectivity index (χ2n) is 4.30. The second-order valence-corrected chi connectivity index (χ2v) is 4.30. The van der Waals surface area contributed by atoms with E-state index < -0.39 is 36.8 Å². The van der Waals surface area contributed by atoms with Crippen LogP contribution in [0.15, 0.2) is 17.1 Å². The fourth-order valence-corrected chi connectivity index (χ4v) is 1.61. The zero-order chi connectivity index (χ0) is 15.3. The van der Waals surface area contributed by atoms with Crippen molar-refractivity contribution >= 4 is 5.82 Å². The van der Waals surface area contributed by atoms with Gasteiger partial charge in [-0.1, -0.05) is 0 Å². The maximum Gasteiger partial charge on any atom is 0.351 e. The van der Waals surface area contributed by atoms with Crippen molar-refractivity contribution in [3.8, 4) is 0 Å². The van der Waals surface area contributed by atoms with E-state index in [1.165, 1.54) is 26.1 Å². The number of hydrogen-bond acceptors (Lipinski definition) is 8. The minimum atomic E-state index is -1.29. The van der Waals surface area contributed by atoms with E-state index in [0.717, 1.165) is 4.57 Å². The highest BCUT2D eigenvalue weighted by atomic mass is 16.5. The Morgan fingerprint density at radius 3 is 2.55 bits per heavy atom. The lowest BCUT2D eigenvalue weighted by atomic mass is 10.1. The highest BCUT2D eigenvalue weighted by Crippen LogP contribution is 2.13. The number of ether oxygens (including phenoxy) is 1. The van der Waals surface area contributed by atoms with Crippen molar-refractivity contribution in [1.29, 1.82) is 0 Å². The Labute approximate surface area is 115 Å². The van der Waals surface area contributed by atoms with E-state index in [0.29, 0.717) is 0 Å². The van der Waals surface area contributed by atoms with Crippen LogP contribution >= 0.6 is 0 Å². The molecule has 0 saturated heterocycles. The average Bonchev–Trinajstić information content (AvgIpc) is 2.43. The van der Waals surface area contributed by atoms with Crippen molar-refractivity contribution in [2.75, 3.05) is 12.1 Å². The smallest absolute Gasteiger partial charge is 0.351 e. The van der Waals surface area contributed by atoms with Gasteiger partial charge in [0.15, 0.2) is 5.82 Å². The van der Waals surface area contributed by atoms with Crippen LogP contribution in [-0.2, 0) is 4.74 Å². The van der Waals surface area contributed by atoms with Crippen LogP contribution < -0.4 is 11.2 Å². The molecule has 0 aliphatic rings. The Balaban J connectivity index is 2.84. The second kappa shape index (κ2) is 7.31. The fourth-order valence-electron chi connectivity index (χ4n) is 1.61. The molecule has 1 heterocycles. The Morgan fingerprint density at radius 2 is 2.10 bits per heavy atom. The van der Waals surface area contributed by atoms with E-state index in [1.54, 1.807) is 5.48 Å². The van der Waals surface area contributed by atoms with Gasteiger partial charge >= 0.3 is 5.69 Å². The van der Waals surface area contributed by atoms with E-state index in [-0.39, 0.29) is 5.82 Å². The molecule has 0 aromatic carbocycles. The Morgan fingerprint density at radius 1 is 1.45 bits per heavy atom. The predicted octanol–water partition coefficient (Wildman–Crippen LogP) is -1.32. The van der Waals surface area contributed by atoms with Crippen LogP contribution in [0, 0.1) is 0 Å². The largest absolute Gasteiger partial charge is 0.394 e. The lowest BCUT2D eigenvalue weighted by molar-refractivity contribution is -0.142. The molecule has 9 nitrogen and oxygen atoms in total. The molecule has 0 amide bonds. The SMILES string of the molecule is CC(O)C(O)C(CO)OC(C)n1ccc(NO)nc1=O. The van der Waals surface area contributed by atoms with E-state index in [9.17, 15) is 15.0 Å². The summed E-state index contributed by atoms with van der Waals surface area (Å²) in [6, 6.07) is 1.35. The first-order valence-corrected chi connectivity index (χ1v) is 6.02. The van der Waals surface area contributed by atoms with Gasteiger partial charge in [-0.25, -0.2) is 4.79 Å². The minimum absolute atomic E-state index is 0.0128. The summed E-state index contributed by atoms with van der Waals surface area (Å²) in [5.41, 5.74) is 1.06.